The number of aromatic hydroxyl groups is 1. The monoisotopic (exact) mass is 520 g/mol. The van der Waals surface area contributed by atoms with Gasteiger partial charge in [-0.1, -0.05) is 12.1 Å². The molecule has 0 unspecified atom stereocenters. The molecule has 1 fully saturated rings. The summed E-state index contributed by atoms with van der Waals surface area (Å²) in [5.74, 6) is -1.51. The molecule has 10 nitrogen and oxygen atoms in total. The number of rotatable bonds is 8. The van der Waals surface area contributed by atoms with Crippen molar-refractivity contribution in [2.75, 3.05) is 32.0 Å². The summed E-state index contributed by atoms with van der Waals surface area (Å²) in [6.45, 7) is 0.182. The fraction of sp³-hybridized carbons (Fsp3) is 0.375. The minimum absolute atomic E-state index is 0.0213. The average Bonchev–Trinajstić information content (AvgIpc) is 2.84. The Morgan fingerprint density at radius 3 is 2.58 bits per heavy atom. The van der Waals surface area contributed by atoms with E-state index in [1.807, 2.05) is 0 Å². The van der Waals surface area contributed by atoms with Crippen LogP contribution in [0.3, 0.4) is 0 Å². The van der Waals surface area contributed by atoms with Crippen LogP contribution in [-0.2, 0) is 13.0 Å². The van der Waals surface area contributed by atoms with E-state index in [-0.39, 0.29) is 48.8 Å². The van der Waals surface area contributed by atoms with Crippen molar-refractivity contribution in [3.05, 3.63) is 69.4 Å². The van der Waals surface area contributed by atoms with E-state index >= 15 is 0 Å². The third kappa shape index (κ3) is 5.52. The predicted octanol–water partition coefficient (Wildman–Crippen LogP) is 2.32. The lowest BCUT2D eigenvalue weighted by atomic mass is 10.1. The zero-order chi connectivity index (χ0) is 25.9. The zero-order valence-electron chi connectivity index (χ0n) is 19.6. The number of benzene rings is 1. The molecule has 12 heteroatoms. The number of amides is 1. The summed E-state index contributed by atoms with van der Waals surface area (Å²) < 4.78 is 37.0. The third-order valence-corrected chi connectivity index (χ3v) is 8.17. The standard InChI is InChI=1S/C24H29FN4O6S/c25-18-5-3-16(4-6-18)13-17-14-19-21(27-15-17)22(31)20(23(32)26-7-11-30)24(33)29(19)10-9-28-8-1-2-12-36(28,34)35/h3-6,14-15,30-31,34-35H,1-2,7-13H2,(H,26,32). The molecule has 36 heavy (non-hydrogen) atoms. The van der Waals surface area contributed by atoms with Gasteiger partial charge in [0.15, 0.2) is 5.75 Å². The van der Waals surface area contributed by atoms with Crippen LogP contribution in [0.5, 0.6) is 5.75 Å². The van der Waals surface area contributed by atoms with Crippen molar-refractivity contribution in [3.8, 4) is 5.75 Å². The molecule has 3 aromatic rings. The van der Waals surface area contributed by atoms with Crippen LogP contribution < -0.4 is 10.9 Å². The number of fused-ring (bicyclic) bond motifs is 1. The maximum absolute atomic E-state index is 13.4. The summed E-state index contributed by atoms with van der Waals surface area (Å²) in [6.07, 6.45) is 3.40. The van der Waals surface area contributed by atoms with E-state index in [4.69, 9.17) is 5.11 Å². The first-order chi connectivity index (χ1) is 17.2. The van der Waals surface area contributed by atoms with Crippen LogP contribution in [0.15, 0.2) is 41.3 Å². The number of carbonyl (C=O) groups excluding carboxylic acids is 1. The Hall–Kier alpha value is -3.03. The van der Waals surface area contributed by atoms with Crippen LogP contribution in [0.25, 0.3) is 11.0 Å². The second kappa shape index (κ2) is 10.9. The molecule has 0 saturated carbocycles. The second-order valence-corrected chi connectivity index (χ2v) is 10.8. The lowest BCUT2D eigenvalue weighted by Crippen LogP contribution is -2.39. The molecular formula is C24H29FN4O6S. The van der Waals surface area contributed by atoms with Crippen molar-refractivity contribution in [1.82, 2.24) is 19.2 Å². The summed E-state index contributed by atoms with van der Waals surface area (Å²) in [5, 5.41) is 22.2. The van der Waals surface area contributed by atoms with Crippen LogP contribution in [-0.4, -0.2) is 71.1 Å². The highest BCUT2D eigenvalue weighted by Gasteiger charge is 2.28. The quantitative estimate of drug-likeness (QED) is 0.304. The Bertz CT molecular complexity index is 1310. The van der Waals surface area contributed by atoms with E-state index in [9.17, 15) is 28.2 Å². The van der Waals surface area contributed by atoms with Crippen LogP contribution in [0.1, 0.15) is 34.3 Å². The molecule has 0 bridgehead atoms. The van der Waals surface area contributed by atoms with Gasteiger partial charge in [0.1, 0.15) is 16.9 Å². The molecule has 2 aromatic heterocycles. The average molecular weight is 521 g/mol. The Labute approximate surface area is 208 Å². The van der Waals surface area contributed by atoms with Gasteiger partial charge in [-0.2, -0.15) is 0 Å². The van der Waals surface area contributed by atoms with Crippen LogP contribution in [0.2, 0.25) is 0 Å². The van der Waals surface area contributed by atoms with Gasteiger partial charge in [0.05, 0.1) is 17.9 Å². The number of hydrogen-bond acceptors (Lipinski definition) is 8. The molecule has 4 rings (SSSR count). The minimum atomic E-state index is -2.94. The minimum Gasteiger partial charge on any atom is -0.505 e. The maximum atomic E-state index is 13.4. The summed E-state index contributed by atoms with van der Waals surface area (Å²) in [6, 6.07) is 7.65. The second-order valence-electron chi connectivity index (χ2n) is 8.65. The number of aliphatic hydroxyl groups is 1. The fourth-order valence-electron chi connectivity index (χ4n) is 4.29. The van der Waals surface area contributed by atoms with Crippen molar-refractivity contribution >= 4 is 27.7 Å². The van der Waals surface area contributed by atoms with Gasteiger partial charge in [0, 0.05) is 32.4 Å². The summed E-state index contributed by atoms with van der Waals surface area (Å²) in [4.78, 5) is 30.4. The lowest BCUT2D eigenvalue weighted by Gasteiger charge is -2.46. The molecule has 1 aliphatic heterocycles. The van der Waals surface area contributed by atoms with Crippen LogP contribution >= 0.6 is 10.8 Å². The van der Waals surface area contributed by atoms with Gasteiger partial charge < -0.3 is 20.1 Å². The zero-order valence-corrected chi connectivity index (χ0v) is 20.4. The summed E-state index contributed by atoms with van der Waals surface area (Å²) in [7, 11) is -2.94. The topological polar surface area (TPSA) is 148 Å². The van der Waals surface area contributed by atoms with E-state index in [2.05, 4.69) is 10.3 Å². The predicted molar refractivity (Wildman–Crippen MR) is 135 cm³/mol. The number of aliphatic hydroxyl groups excluding tert-OH is 1. The van der Waals surface area contributed by atoms with Crippen molar-refractivity contribution < 1.29 is 28.5 Å². The Balaban J connectivity index is 1.77. The maximum Gasteiger partial charge on any atom is 0.267 e. The molecule has 5 N–H and O–H groups in total. The van der Waals surface area contributed by atoms with Gasteiger partial charge in [-0.25, -0.2) is 8.70 Å². The highest BCUT2D eigenvalue weighted by atomic mass is 32.3. The SMILES string of the molecule is O=C(NCCO)c1c(O)c2ncc(Cc3ccc(F)cc3)cc2n(CCN2CCCCS2(O)O)c1=O. The molecule has 0 spiro atoms. The number of aromatic nitrogens is 2. The first kappa shape index (κ1) is 26.0. The highest BCUT2D eigenvalue weighted by molar-refractivity contribution is 8.22. The van der Waals surface area contributed by atoms with Crippen molar-refractivity contribution in [2.45, 2.75) is 25.8 Å². The number of halogens is 1. The molecule has 1 aromatic carbocycles. The number of nitrogens with zero attached hydrogens (tertiary/aromatic N) is 3. The largest absolute Gasteiger partial charge is 0.505 e. The van der Waals surface area contributed by atoms with Crippen molar-refractivity contribution in [2.24, 2.45) is 0 Å². The molecule has 1 saturated heterocycles. The number of carbonyl (C=O) groups is 1. The lowest BCUT2D eigenvalue weighted by molar-refractivity contribution is 0.0940. The van der Waals surface area contributed by atoms with E-state index in [1.165, 1.54) is 22.9 Å². The van der Waals surface area contributed by atoms with Gasteiger partial charge in [-0.05, 0) is 48.6 Å². The van der Waals surface area contributed by atoms with Crippen LogP contribution in [0, 0.1) is 5.82 Å². The van der Waals surface area contributed by atoms with E-state index in [1.54, 1.807) is 22.5 Å². The third-order valence-electron chi connectivity index (χ3n) is 6.14. The van der Waals surface area contributed by atoms with Crippen molar-refractivity contribution in [1.29, 1.82) is 0 Å². The van der Waals surface area contributed by atoms with E-state index in [0.29, 0.717) is 24.9 Å². The molecule has 3 heterocycles. The molecule has 0 aliphatic carbocycles. The van der Waals surface area contributed by atoms with Crippen LogP contribution in [0.4, 0.5) is 4.39 Å². The molecule has 1 aliphatic rings. The fourth-order valence-corrected chi connectivity index (χ4v) is 5.94. The van der Waals surface area contributed by atoms with Gasteiger partial charge in [0.25, 0.3) is 11.5 Å². The smallest absolute Gasteiger partial charge is 0.267 e. The molecule has 0 radical (unpaired) electrons. The van der Waals surface area contributed by atoms with Gasteiger partial charge in [-0.15, -0.1) is 10.8 Å². The molecule has 0 atom stereocenters. The number of nitrogens with one attached hydrogen (secondary N) is 1. The molecule has 194 valence electrons. The van der Waals surface area contributed by atoms with Gasteiger partial charge >= 0.3 is 0 Å². The Morgan fingerprint density at radius 2 is 1.89 bits per heavy atom. The first-order valence-electron chi connectivity index (χ1n) is 11.6. The summed E-state index contributed by atoms with van der Waals surface area (Å²) in [5.41, 5.74) is 0.574. The van der Waals surface area contributed by atoms with E-state index < -0.39 is 33.6 Å². The first-order valence-corrected chi connectivity index (χ1v) is 13.3. The van der Waals surface area contributed by atoms with Crippen molar-refractivity contribution in [3.63, 3.8) is 0 Å². The number of pyridine rings is 2. The van der Waals surface area contributed by atoms with Gasteiger partial charge in [-0.3, -0.25) is 23.7 Å². The Kier molecular flexibility index (Phi) is 7.91. The molecule has 1 amide bonds. The number of hydrogen-bond donors (Lipinski definition) is 5. The Morgan fingerprint density at radius 1 is 1.14 bits per heavy atom. The van der Waals surface area contributed by atoms with E-state index in [0.717, 1.165) is 12.0 Å². The normalized spacial score (nSPS) is 16.7. The molecular weight excluding hydrogens is 491 g/mol. The van der Waals surface area contributed by atoms with Gasteiger partial charge in [0.2, 0.25) is 0 Å². The highest BCUT2D eigenvalue weighted by Crippen LogP contribution is 2.46. The summed E-state index contributed by atoms with van der Waals surface area (Å²) >= 11 is 0.